The second-order valence-corrected chi connectivity index (χ2v) is 8.31. The van der Waals surface area contributed by atoms with Crippen molar-refractivity contribution < 1.29 is 24.5 Å². The molecular weight excluding hydrogens is 406 g/mol. The molecule has 2 heterocycles. The number of epoxide rings is 1. The first-order valence-electron chi connectivity index (χ1n) is 10.3. The monoisotopic (exact) mass is 423 g/mol. The third-order valence-corrected chi connectivity index (χ3v) is 6.78. The zero-order valence-corrected chi connectivity index (χ0v) is 17.0. The molecule has 0 aromatic heterocycles. The number of ether oxygens (including phenoxy) is 1. The van der Waals surface area contributed by atoms with Crippen molar-refractivity contribution in [1.82, 2.24) is 0 Å². The fourth-order valence-corrected chi connectivity index (χ4v) is 5.32. The van der Waals surface area contributed by atoms with E-state index in [4.69, 9.17) is 4.74 Å². The number of hydrogen-bond acceptors (Lipinski definition) is 6. The summed E-state index contributed by atoms with van der Waals surface area (Å²) < 4.78 is 6.18. The molecule has 0 spiro atoms. The van der Waals surface area contributed by atoms with Gasteiger partial charge in [0.25, 0.3) is 0 Å². The molecule has 0 unspecified atom stereocenters. The van der Waals surface area contributed by atoms with Gasteiger partial charge in [0.1, 0.15) is 6.04 Å². The zero-order valence-electron chi connectivity index (χ0n) is 17.0. The Morgan fingerprint density at radius 2 is 1.69 bits per heavy atom. The molecule has 5 atom stereocenters. The minimum Gasteiger partial charge on any atom is -0.390 e. The van der Waals surface area contributed by atoms with Gasteiger partial charge in [0.15, 0.2) is 28.9 Å². The number of fused-ring (bicyclic) bond motifs is 4. The molecule has 0 amide bonds. The van der Waals surface area contributed by atoms with Gasteiger partial charge in [0.05, 0.1) is 17.4 Å². The van der Waals surface area contributed by atoms with Crippen LogP contribution in [-0.4, -0.2) is 45.6 Å². The van der Waals surface area contributed by atoms with E-state index < -0.39 is 29.5 Å². The van der Waals surface area contributed by atoms with Crippen molar-refractivity contribution in [3.63, 3.8) is 0 Å². The largest absolute Gasteiger partial charge is 0.390 e. The third kappa shape index (κ3) is 2.07. The zero-order chi connectivity index (χ0) is 22.3. The van der Waals surface area contributed by atoms with E-state index in [2.05, 4.69) is 29.0 Å². The fourth-order valence-electron chi connectivity index (χ4n) is 5.32. The summed E-state index contributed by atoms with van der Waals surface area (Å²) in [5.41, 5.74) is -0.617. The number of aliphatic hydroxyl groups excluding tert-OH is 2. The summed E-state index contributed by atoms with van der Waals surface area (Å²) in [4.78, 5) is 26.7. The average Bonchev–Trinajstić information content (AvgIpc) is 3.52. The maximum atomic E-state index is 13.5. The van der Waals surface area contributed by atoms with Gasteiger partial charge >= 0.3 is 0 Å². The molecule has 2 bridgehead atoms. The summed E-state index contributed by atoms with van der Waals surface area (Å²) in [6, 6.07) is 9.21. The molecule has 2 aromatic carbocycles. The second-order valence-electron chi connectivity index (χ2n) is 8.31. The highest BCUT2D eigenvalue weighted by Crippen LogP contribution is 2.66. The summed E-state index contributed by atoms with van der Waals surface area (Å²) in [6.45, 7) is 1.58. The number of hydrogen-bond donors (Lipinski definition) is 3. The van der Waals surface area contributed by atoms with Gasteiger partial charge in [0, 0.05) is 22.3 Å². The summed E-state index contributed by atoms with van der Waals surface area (Å²) in [6.07, 6.45) is 0.793. The van der Waals surface area contributed by atoms with Gasteiger partial charge in [0.2, 0.25) is 0 Å². The Labute approximate surface area is 183 Å². The predicted molar refractivity (Wildman–Crippen MR) is 115 cm³/mol. The number of ketones is 2. The standard InChI is InChI=1S/C26H17NO5/c1-14(28)25-19-10-4-2-3-5-11-20(29)26(25,32-25)18-13-12-17-21(22(18)27-19)24(31)16-9-7-6-8-15(16)23(17)30/h2-3,6-9,12-14,19-20,27-29H,1H3/b3-2-/t14-,19+,20-,25+,26+/m1/s1. The van der Waals surface area contributed by atoms with E-state index in [1.807, 2.05) is 0 Å². The number of aliphatic hydroxyl groups is 2. The molecule has 32 heavy (non-hydrogen) atoms. The second kappa shape index (κ2) is 6.18. The Balaban J connectivity index is 1.66. The topological polar surface area (TPSA) is 99.2 Å². The molecule has 1 fully saturated rings. The first-order chi connectivity index (χ1) is 15.4. The summed E-state index contributed by atoms with van der Waals surface area (Å²) >= 11 is 0. The van der Waals surface area contributed by atoms with Gasteiger partial charge in [-0.1, -0.05) is 54.0 Å². The molecule has 2 aliphatic heterocycles. The summed E-state index contributed by atoms with van der Waals surface area (Å²) in [5, 5.41) is 25.1. The van der Waals surface area contributed by atoms with Crippen LogP contribution in [0.25, 0.3) is 0 Å². The fraction of sp³-hybridized carbons (Fsp3) is 0.231. The van der Waals surface area contributed by atoms with Crippen molar-refractivity contribution in [3.8, 4) is 23.7 Å². The van der Waals surface area contributed by atoms with Crippen molar-refractivity contribution >= 4 is 17.3 Å². The van der Waals surface area contributed by atoms with Gasteiger partial charge < -0.3 is 20.3 Å². The molecule has 2 aliphatic carbocycles. The Bertz CT molecular complexity index is 1400. The van der Waals surface area contributed by atoms with E-state index >= 15 is 0 Å². The van der Waals surface area contributed by atoms with Crippen LogP contribution >= 0.6 is 0 Å². The lowest BCUT2D eigenvalue weighted by Crippen LogP contribution is -2.54. The molecule has 1 saturated heterocycles. The summed E-state index contributed by atoms with van der Waals surface area (Å²) in [5.74, 6) is 10.9. The van der Waals surface area contributed by atoms with E-state index in [0.717, 1.165) is 0 Å². The maximum Gasteiger partial charge on any atom is 0.196 e. The number of allylic oxidation sites excluding steroid dienone is 2. The minimum atomic E-state index is -1.39. The number of anilines is 1. The Morgan fingerprint density at radius 3 is 2.41 bits per heavy atom. The van der Waals surface area contributed by atoms with E-state index in [9.17, 15) is 19.8 Å². The first-order valence-corrected chi connectivity index (χ1v) is 10.3. The smallest absolute Gasteiger partial charge is 0.196 e. The van der Waals surface area contributed by atoms with Crippen LogP contribution in [0.4, 0.5) is 5.69 Å². The average molecular weight is 423 g/mol. The molecule has 2 aromatic rings. The van der Waals surface area contributed by atoms with E-state index in [0.29, 0.717) is 22.4 Å². The number of benzene rings is 2. The highest BCUT2D eigenvalue weighted by Gasteiger charge is 2.82. The van der Waals surface area contributed by atoms with Crippen LogP contribution in [0.2, 0.25) is 0 Å². The lowest BCUT2D eigenvalue weighted by Gasteiger charge is -2.37. The SMILES string of the molecule is C[C@@H](O)[C@@]12O[C@]13c1ccc4c(c1N[C@H]2C#C/C=C\C#C[C@H]3O)C(=O)c1ccccc1C4=O. The van der Waals surface area contributed by atoms with E-state index in [-0.39, 0.29) is 22.7 Å². The van der Waals surface area contributed by atoms with Crippen LogP contribution in [0.3, 0.4) is 0 Å². The highest BCUT2D eigenvalue weighted by molar-refractivity contribution is 6.30. The van der Waals surface area contributed by atoms with Crippen LogP contribution in [-0.2, 0) is 10.3 Å². The number of carbonyl (C=O) groups is 2. The molecule has 6 rings (SSSR count). The van der Waals surface area contributed by atoms with Crippen molar-refractivity contribution in [1.29, 1.82) is 0 Å². The van der Waals surface area contributed by atoms with Gasteiger partial charge in [-0.2, -0.15) is 0 Å². The molecular formula is C26H17NO5. The lowest BCUT2D eigenvalue weighted by atomic mass is 9.70. The normalized spacial score (nSPS) is 32.2. The minimum absolute atomic E-state index is 0.222. The molecule has 6 nitrogen and oxygen atoms in total. The van der Waals surface area contributed by atoms with Gasteiger partial charge in [-0.3, -0.25) is 9.59 Å². The first kappa shape index (κ1) is 19.0. The highest BCUT2D eigenvalue weighted by atomic mass is 16.7. The maximum absolute atomic E-state index is 13.5. The van der Waals surface area contributed by atoms with Gasteiger partial charge in [-0.25, -0.2) is 0 Å². The van der Waals surface area contributed by atoms with Crippen LogP contribution in [0.15, 0.2) is 48.6 Å². The third-order valence-electron chi connectivity index (χ3n) is 6.78. The quantitative estimate of drug-likeness (QED) is 0.406. The van der Waals surface area contributed by atoms with Crippen molar-refractivity contribution in [3.05, 3.63) is 76.4 Å². The Hall–Kier alpha value is -3.68. The van der Waals surface area contributed by atoms with Crippen molar-refractivity contribution in [2.24, 2.45) is 0 Å². The molecule has 6 heteroatoms. The van der Waals surface area contributed by atoms with Crippen molar-refractivity contribution in [2.45, 2.75) is 36.4 Å². The van der Waals surface area contributed by atoms with Crippen LogP contribution < -0.4 is 5.32 Å². The number of nitrogens with one attached hydrogen (secondary N) is 1. The lowest BCUT2D eigenvalue weighted by molar-refractivity contribution is 0.0867. The van der Waals surface area contributed by atoms with Crippen LogP contribution in [0.5, 0.6) is 0 Å². The molecule has 3 N–H and O–H groups in total. The molecule has 0 saturated carbocycles. The molecule has 4 aliphatic rings. The summed E-state index contributed by atoms with van der Waals surface area (Å²) in [7, 11) is 0. The van der Waals surface area contributed by atoms with Crippen molar-refractivity contribution in [2.75, 3.05) is 5.32 Å². The number of carbonyl (C=O) groups excluding carboxylic acids is 2. The Kier molecular flexibility index (Phi) is 3.68. The van der Waals surface area contributed by atoms with Crippen LogP contribution in [0.1, 0.15) is 44.3 Å². The Morgan fingerprint density at radius 1 is 1.00 bits per heavy atom. The molecule has 156 valence electrons. The van der Waals surface area contributed by atoms with Crippen LogP contribution in [0, 0.1) is 23.7 Å². The molecule has 0 radical (unpaired) electrons. The number of rotatable bonds is 1. The van der Waals surface area contributed by atoms with Gasteiger partial charge in [-0.15, -0.1) is 0 Å². The van der Waals surface area contributed by atoms with E-state index in [1.165, 1.54) is 6.08 Å². The van der Waals surface area contributed by atoms with Gasteiger partial charge in [-0.05, 0) is 25.1 Å². The van der Waals surface area contributed by atoms with E-state index in [1.54, 1.807) is 49.4 Å². The predicted octanol–water partition coefficient (Wildman–Crippen LogP) is 1.54.